The number of ether oxygens (including phenoxy) is 1. The maximum atomic E-state index is 13.1. The number of nitrogens with zero attached hydrogens (tertiary/aromatic N) is 2. The van der Waals surface area contributed by atoms with Crippen LogP contribution in [0.1, 0.15) is 25.7 Å². The normalized spacial score (nSPS) is 25.0. The molecular weight excluding hydrogens is 311 g/mol. The predicted octanol–water partition coefficient (Wildman–Crippen LogP) is 1.65. The van der Waals surface area contributed by atoms with Crippen LogP contribution in [0.4, 0.5) is 4.39 Å². The summed E-state index contributed by atoms with van der Waals surface area (Å²) in [4.78, 5) is 16.4. The second kappa shape index (κ2) is 7.94. The fourth-order valence-corrected chi connectivity index (χ4v) is 3.62. The molecule has 24 heavy (non-hydrogen) atoms. The first-order valence-electron chi connectivity index (χ1n) is 8.72. The molecule has 5 nitrogen and oxygen atoms in total. The Kier molecular flexibility index (Phi) is 5.68. The quantitative estimate of drug-likeness (QED) is 0.888. The molecule has 0 bridgehead atoms. The maximum Gasteiger partial charge on any atom is 0.226 e. The summed E-state index contributed by atoms with van der Waals surface area (Å²) < 4.78 is 18.5. The largest absolute Gasteiger partial charge is 0.493 e. The number of carbonyl (C=O) groups is 1. The molecule has 0 unspecified atom stereocenters. The van der Waals surface area contributed by atoms with Crippen LogP contribution < -0.4 is 4.74 Å². The lowest BCUT2D eigenvalue weighted by molar-refractivity contribution is -0.134. The second-order valence-corrected chi connectivity index (χ2v) is 6.54. The highest BCUT2D eigenvalue weighted by Gasteiger charge is 2.33. The molecule has 1 aliphatic heterocycles. The molecule has 2 aliphatic rings. The molecule has 2 atom stereocenters. The van der Waals surface area contributed by atoms with E-state index in [0.717, 1.165) is 32.4 Å². The zero-order chi connectivity index (χ0) is 16.9. The van der Waals surface area contributed by atoms with Crippen molar-refractivity contribution in [3.8, 4) is 5.75 Å². The summed E-state index contributed by atoms with van der Waals surface area (Å²) in [5.74, 6) is 0.171. The Morgan fingerprint density at radius 1 is 1.25 bits per heavy atom. The second-order valence-electron chi connectivity index (χ2n) is 6.54. The Labute approximate surface area is 142 Å². The van der Waals surface area contributed by atoms with Crippen LogP contribution in [0.2, 0.25) is 0 Å². The van der Waals surface area contributed by atoms with E-state index in [-0.39, 0.29) is 30.5 Å². The number of aliphatic hydroxyl groups excluding tert-OH is 1. The van der Waals surface area contributed by atoms with E-state index in [4.69, 9.17) is 4.74 Å². The monoisotopic (exact) mass is 336 g/mol. The summed E-state index contributed by atoms with van der Waals surface area (Å²) in [5.41, 5.74) is 0. The standard InChI is InChI=1S/C18H25FN2O3/c19-14-3-1-4-15(13-14)24-12-7-18(23)21-10-8-20(9-11-21)16-5-2-6-17(16)22/h1,3-4,13,16-17,22H,2,5-12H2/t16-,17+/m0/s1. The molecule has 3 rings (SSSR count). The summed E-state index contributed by atoms with van der Waals surface area (Å²) in [5, 5.41) is 9.99. The van der Waals surface area contributed by atoms with Crippen LogP contribution >= 0.6 is 0 Å². The number of aliphatic hydroxyl groups is 1. The number of carbonyl (C=O) groups excluding carboxylic acids is 1. The fraction of sp³-hybridized carbons (Fsp3) is 0.611. The van der Waals surface area contributed by atoms with E-state index >= 15 is 0 Å². The average molecular weight is 336 g/mol. The molecule has 1 saturated carbocycles. The van der Waals surface area contributed by atoms with Crippen LogP contribution in [0, 0.1) is 5.82 Å². The van der Waals surface area contributed by atoms with Gasteiger partial charge in [0, 0.05) is 38.3 Å². The molecular formula is C18H25FN2O3. The van der Waals surface area contributed by atoms with Gasteiger partial charge in [0.2, 0.25) is 5.91 Å². The molecule has 1 aliphatic carbocycles. The molecule has 0 spiro atoms. The lowest BCUT2D eigenvalue weighted by atomic mass is 10.1. The van der Waals surface area contributed by atoms with Crippen LogP contribution in [0.3, 0.4) is 0 Å². The zero-order valence-corrected chi connectivity index (χ0v) is 13.9. The molecule has 6 heteroatoms. The highest BCUT2D eigenvalue weighted by atomic mass is 19.1. The Morgan fingerprint density at radius 3 is 2.71 bits per heavy atom. The van der Waals surface area contributed by atoms with E-state index < -0.39 is 0 Å². The third-order valence-electron chi connectivity index (χ3n) is 4.96. The van der Waals surface area contributed by atoms with Gasteiger partial charge in [-0.05, 0) is 31.4 Å². The van der Waals surface area contributed by atoms with E-state index in [2.05, 4.69) is 4.90 Å². The van der Waals surface area contributed by atoms with Crippen molar-refractivity contribution in [3.63, 3.8) is 0 Å². The molecule has 1 saturated heterocycles. The summed E-state index contributed by atoms with van der Waals surface area (Å²) in [6.07, 6.45) is 3.11. The molecule has 0 aromatic heterocycles. The Hall–Kier alpha value is -1.66. The zero-order valence-electron chi connectivity index (χ0n) is 13.9. The van der Waals surface area contributed by atoms with Crippen molar-refractivity contribution in [3.05, 3.63) is 30.1 Å². The van der Waals surface area contributed by atoms with E-state index in [1.165, 1.54) is 12.1 Å². The number of rotatable bonds is 5. The molecule has 0 radical (unpaired) electrons. The molecule has 132 valence electrons. The highest BCUT2D eigenvalue weighted by Crippen LogP contribution is 2.25. The maximum absolute atomic E-state index is 13.1. The number of halogens is 1. The molecule has 1 aromatic rings. The molecule has 1 aromatic carbocycles. The van der Waals surface area contributed by atoms with Crippen molar-refractivity contribution >= 4 is 5.91 Å². The summed E-state index contributed by atoms with van der Waals surface area (Å²) >= 11 is 0. The Balaban J connectivity index is 1.39. The van der Waals surface area contributed by atoms with Crippen molar-refractivity contribution in [1.82, 2.24) is 9.80 Å². The highest BCUT2D eigenvalue weighted by molar-refractivity contribution is 5.76. The van der Waals surface area contributed by atoms with Gasteiger partial charge >= 0.3 is 0 Å². The van der Waals surface area contributed by atoms with Gasteiger partial charge in [-0.15, -0.1) is 0 Å². The van der Waals surface area contributed by atoms with E-state index in [1.807, 2.05) is 4.90 Å². The molecule has 1 N–H and O–H groups in total. The van der Waals surface area contributed by atoms with Gasteiger partial charge in [0.25, 0.3) is 0 Å². The SMILES string of the molecule is O=C(CCOc1cccc(F)c1)N1CCN([C@H]2CCC[C@H]2O)CC1. The first-order chi connectivity index (χ1) is 11.6. The summed E-state index contributed by atoms with van der Waals surface area (Å²) in [6.45, 7) is 3.28. The number of hydrogen-bond acceptors (Lipinski definition) is 4. The van der Waals surface area contributed by atoms with Gasteiger partial charge < -0.3 is 14.7 Å². The number of benzene rings is 1. The minimum Gasteiger partial charge on any atom is -0.493 e. The van der Waals surface area contributed by atoms with Crippen molar-refractivity contribution in [2.24, 2.45) is 0 Å². The van der Waals surface area contributed by atoms with Crippen molar-refractivity contribution in [2.75, 3.05) is 32.8 Å². The first-order valence-corrected chi connectivity index (χ1v) is 8.72. The van der Waals surface area contributed by atoms with Gasteiger partial charge in [-0.3, -0.25) is 9.69 Å². The lowest BCUT2D eigenvalue weighted by Gasteiger charge is -2.39. The van der Waals surface area contributed by atoms with Crippen molar-refractivity contribution in [1.29, 1.82) is 0 Å². The molecule has 1 amide bonds. The third-order valence-corrected chi connectivity index (χ3v) is 4.96. The first kappa shape index (κ1) is 17.2. The van der Waals surface area contributed by atoms with Gasteiger partial charge in [-0.25, -0.2) is 4.39 Å². The predicted molar refractivity (Wildman–Crippen MR) is 88.3 cm³/mol. The van der Waals surface area contributed by atoms with Gasteiger partial charge in [0.1, 0.15) is 11.6 Å². The van der Waals surface area contributed by atoms with Crippen LogP contribution in [0.25, 0.3) is 0 Å². The van der Waals surface area contributed by atoms with Crippen LogP contribution in [0.15, 0.2) is 24.3 Å². The minimum absolute atomic E-state index is 0.0676. The summed E-state index contributed by atoms with van der Waals surface area (Å²) in [7, 11) is 0. The van der Waals surface area contributed by atoms with Gasteiger partial charge in [-0.1, -0.05) is 6.07 Å². The van der Waals surface area contributed by atoms with E-state index in [0.29, 0.717) is 25.3 Å². The third kappa shape index (κ3) is 4.24. The topological polar surface area (TPSA) is 53.0 Å². The number of hydrogen-bond donors (Lipinski definition) is 1. The van der Waals surface area contributed by atoms with E-state index in [9.17, 15) is 14.3 Å². The number of piperazine rings is 1. The smallest absolute Gasteiger partial charge is 0.226 e. The fourth-order valence-electron chi connectivity index (χ4n) is 3.62. The summed E-state index contributed by atoms with van der Waals surface area (Å²) in [6, 6.07) is 6.20. The Morgan fingerprint density at radius 2 is 2.04 bits per heavy atom. The van der Waals surface area contributed by atoms with Crippen LogP contribution in [-0.2, 0) is 4.79 Å². The molecule has 1 heterocycles. The van der Waals surface area contributed by atoms with E-state index in [1.54, 1.807) is 12.1 Å². The number of amides is 1. The average Bonchev–Trinajstić information content (AvgIpc) is 3.01. The van der Waals surface area contributed by atoms with Crippen LogP contribution in [-0.4, -0.2) is 65.7 Å². The molecule has 2 fully saturated rings. The lowest BCUT2D eigenvalue weighted by Crippen LogP contribution is -2.53. The van der Waals surface area contributed by atoms with Crippen molar-refractivity contribution in [2.45, 2.75) is 37.8 Å². The van der Waals surface area contributed by atoms with Crippen molar-refractivity contribution < 1.29 is 19.0 Å². The van der Waals surface area contributed by atoms with Crippen LogP contribution in [0.5, 0.6) is 5.75 Å². The van der Waals surface area contributed by atoms with Gasteiger partial charge in [-0.2, -0.15) is 0 Å². The van der Waals surface area contributed by atoms with Gasteiger partial charge in [0.15, 0.2) is 0 Å². The minimum atomic E-state index is -0.343. The van der Waals surface area contributed by atoms with Gasteiger partial charge in [0.05, 0.1) is 19.1 Å². The Bertz CT molecular complexity index is 561.